The molecule has 1 aromatic heterocycles. The fourth-order valence-corrected chi connectivity index (χ4v) is 11.8. The van der Waals surface area contributed by atoms with Gasteiger partial charge in [-0.25, -0.2) is 0 Å². The zero-order valence-electron chi connectivity index (χ0n) is 38.8. The second-order valence-electron chi connectivity index (χ2n) is 19.7. The molecule has 0 radical (unpaired) electrons. The van der Waals surface area contributed by atoms with Crippen LogP contribution < -0.4 is 4.90 Å². The minimum absolute atomic E-state index is 0.0907. The van der Waals surface area contributed by atoms with Crippen LogP contribution in [0.2, 0.25) is 0 Å². The summed E-state index contributed by atoms with van der Waals surface area (Å²) in [5.41, 5.74) is 24.7. The van der Waals surface area contributed by atoms with E-state index in [1.807, 2.05) is 0 Å². The summed E-state index contributed by atoms with van der Waals surface area (Å²) in [5.74, 6) is 0. The van der Waals surface area contributed by atoms with Gasteiger partial charge in [-0.3, -0.25) is 0 Å². The number of aromatic nitrogens is 1. The molecule has 0 bridgehead atoms. The van der Waals surface area contributed by atoms with E-state index in [9.17, 15) is 0 Å². The maximum atomic E-state index is 2.49. The van der Waals surface area contributed by atoms with Crippen LogP contribution in [0, 0.1) is 0 Å². The molecule has 0 N–H and O–H groups in total. The second kappa shape index (κ2) is 15.2. The first-order valence-corrected chi connectivity index (χ1v) is 23.9. The van der Waals surface area contributed by atoms with Crippen LogP contribution in [0.3, 0.4) is 0 Å². The molecule has 0 saturated carbocycles. The van der Waals surface area contributed by atoms with E-state index in [1.165, 1.54) is 94.1 Å². The lowest BCUT2D eigenvalue weighted by Gasteiger charge is -2.29. The van der Waals surface area contributed by atoms with Gasteiger partial charge in [0, 0.05) is 44.2 Å². The van der Waals surface area contributed by atoms with Gasteiger partial charge < -0.3 is 9.47 Å². The summed E-state index contributed by atoms with van der Waals surface area (Å²) in [5, 5.41) is 2.50. The van der Waals surface area contributed by atoms with E-state index in [2.05, 4.69) is 268 Å². The Balaban J connectivity index is 1.00. The van der Waals surface area contributed by atoms with E-state index in [1.54, 1.807) is 0 Å². The summed E-state index contributed by atoms with van der Waals surface area (Å²) in [6, 6.07) is 85.6. The van der Waals surface area contributed by atoms with Gasteiger partial charge in [0.25, 0.3) is 0 Å². The number of nitrogens with zero attached hydrogens (tertiary/aromatic N) is 2. The number of benzene rings is 10. The van der Waals surface area contributed by atoms with E-state index in [0.717, 1.165) is 28.3 Å². The van der Waals surface area contributed by atoms with Gasteiger partial charge in [-0.05, 0) is 133 Å². The number of para-hydroxylation sites is 3. The first-order chi connectivity index (χ1) is 33.3. The highest BCUT2D eigenvalue weighted by atomic mass is 15.1. The van der Waals surface area contributed by atoms with Crippen molar-refractivity contribution >= 4 is 38.9 Å². The number of hydrogen-bond donors (Lipinski definition) is 0. The lowest BCUT2D eigenvalue weighted by molar-refractivity contribution is 0.660. The lowest BCUT2D eigenvalue weighted by atomic mass is 9.81. The van der Waals surface area contributed by atoms with Crippen molar-refractivity contribution in [2.24, 2.45) is 0 Å². The van der Waals surface area contributed by atoms with E-state index < -0.39 is 0 Å². The Morgan fingerprint density at radius 2 is 0.838 bits per heavy atom. The number of anilines is 3. The summed E-state index contributed by atoms with van der Waals surface area (Å²) in [6.45, 7) is 9.46. The van der Waals surface area contributed by atoms with Crippen LogP contribution in [0.15, 0.2) is 231 Å². The third-order valence-electron chi connectivity index (χ3n) is 15.2. The fourth-order valence-electron chi connectivity index (χ4n) is 11.8. The van der Waals surface area contributed by atoms with Crippen molar-refractivity contribution in [3.05, 3.63) is 253 Å². The van der Waals surface area contributed by atoms with E-state index >= 15 is 0 Å². The monoisotopic (exact) mass is 870 g/mol. The first kappa shape index (κ1) is 40.1. The average molecular weight is 871 g/mol. The standard InChI is InChI=1S/C66H50N2/c1-65(2)58-31-13-9-28-56(58)64-55(29-18-32-59(64)65)53-27-11-14-33-61(53)67(48-23-16-19-43(39-48)45-35-37-51-50-25-8-12-30-57(50)66(3,4)60(51)41-45)49-24-17-20-44(40-49)46-36-38-54-52-26-10-15-34-62(52)68(63(54)42-46)47-21-6-5-7-22-47/h5-42H,1-4H3. The van der Waals surface area contributed by atoms with Crippen LogP contribution in [0.25, 0.3) is 83.1 Å². The molecule has 2 heteroatoms. The van der Waals surface area contributed by atoms with Gasteiger partial charge in [-0.2, -0.15) is 0 Å². The molecule has 0 fully saturated rings. The molecular formula is C66H50N2. The molecule has 324 valence electrons. The third kappa shape index (κ3) is 6.03. The molecule has 13 rings (SSSR count). The SMILES string of the molecule is CC1(C)c2ccccc2-c2ccc(-c3cccc(N(c4cccc(-c5ccc6c7ccccc7n(-c7ccccc7)c6c5)c4)c4ccccc4-c4cccc5c4-c4ccccc4C5(C)C)c3)cc21. The quantitative estimate of drug-likeness (QED) is 0.155. The molecule has 0 saturated heterocycles. The molecule has 0 spiro atoms. The zero-order valence-corrected chi connectivity index (χ0v) is 38.8. The summed E-state index contributed by atoms with van der Waals surface area (Å²) < 4.78 is 2.41. The van der Waals surface area contributed by atoms with Crippen molar-refractivity contribution in [2.75, 3.05) is 4.90 Å². The van der Waals surface area contributed by atoms with Crippen LogP contribution in [-0.2, 0) is 10.8 Å². The Bertz CT molecular complexity index is 3810. The molecule has 1 heterocycles. The molecule has 0 amide bonds. The van der Waals surface area contributed by atoms with Gasteiger partial charge >= 0.3 is 0 Å². The van der Waals surface area contributed by atoms with Crippen molar-refractivity contribution in [1.82, 2.24) is 4.57 Å². The summed E-state index contributed by atoms with van der Waals surface area (Å²) in [6.07, 6.45) is 0. The maximum Gasteiger partial charge on any atom is 0.0547 e. The second-order valence-corrected chi connectivity index (χ2v) is 19.7. The lowest BCUT2D eigenvalue weighted by Crippen LogP contribution is -2.15. The molecule has 2 nitrogen and oxygen atoms in total. The molecule has 2 aliphatic carbocycles. The number of rotatable bonds is 7. The van der Waals surface area contributed by atoms with Gasteiger partial charge in [-0.1, -0.05) is 198 Å². The van der Waals surface area contributed by atoms with Gasteiger partial charge in [-0.15, -0.1) is 0 Å². The van der Waals surface area contributed by atoms with Crippen LogP contribution in [-0.4, -0.2) is 4.57 Å². The topological polar surface area (TPSA) is 8.17 Å². The predicted octanol–water partition coefficient (Wildman–Crippen LogP) is 17.9. The van der Waals surface area contributed by atoms with Gasteiger partial charge in [0.2, 0.25) is 0 Å². The number of fused-ring (bicyclic) bond motifs is 9. The summed E-state index contributed by atoms with van der Waals surface area (Å²) in [7, 11) is 0. The average Bonchev–Trinajstić information content (AvgIpc) is 3.93. The Morgan fingerprint density at radius 3 is 1.60 bits per heavy atom. The Hall–Kier alpha value is -8.20. The normalized spacial score (nSPS) is 13.8. The fraction of sp³-hybridized carbons (Fsp3) is 0.0909. The van der Waals surface area contributed by atoms with Crippen LogP contribution in [0.4, 0.5) is 17.1 Å². The summed E-state index contributed by atoms with van der Waals surface area (Å²) in [4.78, 5) is 2.49. The molecular weight excluding hydrogens is 821 g/mol. The molecule has 68 heavy (non-hydrogen) atoms. The minimum Gasteiger partial charge on any atom is -0.310 e. The summed E-state index contributed by atoms with van der Waals surface area (Å²) >= 11 is 0. The predicted molar refractivity (Wildman–Crippen MR) is 287 cm³/mol. The Kier molecular flexibility index (Phi) is 8.95. The Morgan fingerprint density at radius 1 is 0.324 bits per heavy atom. The van der Waals surface area contributed by atoms with Crippen molar-refractivity contribution in [2.45, 2.75) is 38.5 Å². The van der Waals surface area contributed by atoms with E-state index in [4.69, 9.17) is 0 Å². The van der Waals surface area contributed by atoms with Crippen molar-refractivity contribution in [1.29, 1.82) is 0 Å². The highest BCUT2D eigenvalue weighted by molar-refractivity contribution is 6.10. The highest BCUT2D eigenvalue weighted by Crippen LogP contribution is 2.54. The molecule has 11 aromatic rings. The largest absolute Gasteiger partial charge is 0.310 e. The molecule has 10 aromatic carbocycles. The van der Waals surface area contributed by atoms with Crippen LogP contribution in [0.1, 0.15) is 49.9 Å². The van der Waals surface area contributed by atoms with Gasteiger partial charge in [0.15, 0.2) is 0 Å². The first-order valence-electron chi connectivity index (χ1n) is 23.9. The molecule has 2 aliphatic rings. The van der Waals surface area contributed by atoms with Crippen molar-refractivity contribution in [3.8, 4) is 61.3 Å². The Labute approximate surface area is 399 Å². The third-order valence-corrected chi connectivity index (χ3v) is 15.2. The zero-order chi connectivity index (χ0) is 45.7. The maximum absolute atomic E-state index is 2.49. The van der Waals surface area contributed by atoms with Gasteiger partial charge in [0.05, 0.1) is 16.7 Å². The van der Waals surface area contributed by atoms with E-state index in [-0.39, 0.29) is 10.8 Å². The molecule has 0 aliphatic heterocycles. The van der Waals surface area contributed by atoms with E-state index in [0.29, 0.717) is 0 Å². The van der Waals surface area contributed by atoms with Gasteiger partial charge in [0.1, 0.15) is 0 Å². The highest BCUT2D eigenvalue weighted by Gasteiger charge is 2.38. The van der Waals surface area contributed by atoms with Crippen LogP contribution in [0.5, 0.6) is 0 Å². The van der Waals surface area contributed by atoms with Crippen molar-refractivity contribution in [3.63, 3.8) is 0 Å². The minimum atomic E-state index is -0.113. The smallest absolute Gasteiger partial charge is 0.0547 e. The number of hydrogen-bond acceptors (Lipinski definition) is 1. The molecule has 0 unspecified atom stereocenters. The molecule has 0 atom stereocenters. The van der Waals surface area contributed by atoms with Crippen molar-refractivity contribution < 1.29 is 0 Å². The van der Waals surface area contributed by atoms with Crippen LogP contribution >= 0.6 is 0 Å².